The Bertz CT molecular complexity index is 958. The fraction of sp³-hybridized carbons (Fsp3) is 0.500. The van der Waals surface area contributed by atoms with Crippen molar-refractivity contribution in [3.05, 3.63) is 46.9 Å². The molecule has 8 nitrogen and oxygen atoms in total. The van der Waals surface area contributed by atoms with Crippen LogP contribution in [-0.4, -0.2) is 65.4 Å². The highest BCUT2D eigenvalue weighted by Crippen LogP contribution is 2.27. The maximum atomic E-state index is 12.9. The van der Waals surface area contributed by atoms with E-state index in [-0.39, 0.29) is 24.3 Å². The second kappa shape index (κ2) is 10.4. The molecule has 0 aliphatic carbocycles. The molecular weight excluding hydrogens is 406 g/mol. The Labute approximate surface area is 190 Å². The third-order valence-corrected chi connectivity index (χ3v) is 5.88. The van der Waals surface area contributed by atoms with Crippen LogP contribution in [0.4, 0.5) is 5.82 Å². The lowest BCUT2D eigenvalue weighted by Crippen LogP contribution is -2.42. The molecule has 2 amide bonds. The number of benzene rings is 1. The maximum Gasteiger partial charge on any atom is 0.260 e. The molecule has 1 aromatic carbocycles. The van der Waals surface area contributed by atoms with Crippen LogP contribution in [0.2, 0.25) is 0 Å². The minimum Gasteiger partial charge on any atom is -0.483 e. The van der Waals surface area contributed by atoms with E-state index in [4.69, 9.17) is 9.72 Å². The van der Waals surface area contributed by atoms with Gasteiger partial charge in [0, 0.05) is 46.1 Å². The van der Waals surface area contributed by atoms with Gasteiger partial charge in [-0.15, -0.1) is 0 Å². The predicted molar refractivity (Wildman–Crippen MR) is 124 cm³/mol. The number of hydrogen-bond donors (Lipinski definition) is 1. The lowest BCUT2D eigenvalue weighted by molar-refractivity contribution is -0.134. The van der Waals surface area contributed by atoms with Crippen LogP contribution in [0, 0.1) is 13.8 Å². The molecule has 0 bridgehead atoms. The van der Waals surface area contributed by atoms with Gasteiger partial charge in [0.25, 0.3) is 5.91 Å². The van der Waals surface area contributed by atoms with Crippen LogP contribution >= 0.6 is 0 Å². The Morgan fingerprint density at radius 3 is 2.62 bits per heavy atom. The molecule has 1 atom stereocenters. The minimum atomic E-state index is -0.0290. The zero-order valence-corrected chi connectivity index (χ0v) is 19.6. The average Bonchev–Trinajstić information content (AvgIpc) is 2.78. The number of likely N-dealkylation sites (tertiary alicyclic amines) is 1. The summed E-state index contributed by atoms with van der Waals surface area (Å²) < 4.78 is 5.88. The average molecular weight is 440 g/mol. The first kappa shape index (κ1) is 23.5. The summed E-state index contributed by atoms with van der Waals surface area (Å²) in [5.74, 6) is 2.19. The molecule has 0 radical (unpaired) electrons. The van der Waals surface area contributed by atoms with Gasteiger partial charge in [0.15, 0.2) is 6.61 Å². The van der Waals surface area contributed by atoms with Crippen LogP contribution in [0.5, 0.6) is 5.75 Å². The summed E-state index contributed by atoms with van der Waals surface area (Å²) in [6.07, 6.45) is 1.80. The molecule has 172 valence electrons. The molecule has 0 saturated carbocycles. The van der Waals surface area contributed by atoms with Crippen molar-refractivity contribution in [2.75, 3.05) is 39.1 Å². The molecule has 1 aliphatic heterocycles. The van der Waals surface area contributed by atoms with E-state index in [1.54, 1.807) is 11.9 Å². The van der Waals surface area contributed by atoms with Gasteiger partial charge in [-0.05, 0) is 37.8 Å². The lowest BCUT2D eigenvalue weighted by atomic mass is 9.97. The zero-order valence-electron chi connectivity index (χ0n) is 19.6. The highest BCUT2D eigenvalue weighted by Gasteiger charge is 2.27. The summed E-state index contributed by atoms with van der Waals surface area (Å²) >= 11 is 0. The number of piperidine rings is 1. The van der Waals surface area contributed by atoms with Crippen LogP contribution in [0.1, 0.15) is 48.3 Å². The van der Waals surface area contributed by atoms with Crippen LogP contribution in [0.3, 0.4) is 0 Å². The second-order valence-corrected chi connectivity index (χ2v) is 8.42. The van der Waals surface area contributed by atoms with E-state index < -0.39 is 0 Å². The molecule has 1 saturated heterocycles. The third kappa shape index (κ3) is 5.75. The van der Waals surface area contributed by atoms with E-state index in [9.17, 15) is 9.59 Å². The quantitative estimate of drug-likeness (QED) is 0.714. The molecule has 1 aromatic heterocycles. The van der Waals surface area contributed by atoms with E-state index in [0.717, 1.165) is 35.4 Å². The molecule has 2 aromatic rings. The Hall–Kier alpha value is -3.16. The fourth-order valence-corrected chi connectivity index (χ4v) is 3.93. The van der Waals surface area contributed by atoms with Gasteiger partial charge in [-0.2, -0.15) is 0 Å². The largest absolute Gasteiger partial charge is 0.483 e. The molecule has 8 heteroatoms. The molecular formula is C24H33N5O3. The molecule has 32 heavy (non-hydrogen) atoms. The van der Waals surface area contributed by atoms with Gasteiger partial charge in [0.1, 0.15) is 17.4 Å². The van der Waals surface area contributed by atoms with Crippen LogP contribution in [0.25, 0.3) is 0 Å². The number of aryl methyl sites for hydroxylation is 2. The van der Waals surface area contributed by atoms with Gasteiger partial charge in [0.2, 0.25) is 5.91 Å². The number of amides is 2. The van der Waals surface area contributed by atoms with Gasteiger partial charge < -0.3 is 19.9 Å². The maximum absolute atomic E-state index is 12.9. The van der Waals surface area contributed by atoms with E-state index in [0.29, 0.717) is 31.3 Å². The highest BCUT2D eigenvalue weighted by atomic mass is 16.5. The van der Waals surface area contributed by atoms with Crippen LogP contribution in [-0.2, 0) is 16.1 Å². The number of nitrogens with zero attached hydrogens (tertiary/aromatic N) is 4. The Balaban J connectivity index is 1.69. The topological polar surface area (TPSA) is 87.7 Å². The fourth-order valence-electron chi connectivity index (χ4n) is 3.93. The van der Waals surface area contributed by atoms with Gasteiger partial charge >= 0.3 is 0 Å². The first-order valence-corrected chi connectivity index (χ1v) is 11.0. The van der Waals surface area contributed by atoms with Crippen LogP contribution < -0.4 is 10.1 Å². The SMILES string of the molecule is CNc1cc(CN(C)C(C)=O)nc([C@@H]2CCCN(C(=O)COc3c(C)cccc3C)C2)n1. The van der Waals surface area contributed by atoms with Gasteiger partial charge in [-0.1, -0.05) is 18.2 Å². The third-order valence-electron chi connectivity index (χ3n) is 5.88. The van der Waals surface area contributed by atoms with Crippen molar-refractivity contribution in [1.82, 2.24) is 19.8 Å². The molecule has 3 rings (SSSR count). The van der Waals surface area contributed by atoms with Crippen molar-refractivity contribution in [1.29, 1.82) is 0 Å². The Morgan fingerprint density at radius 1 is 1.25 bits per heavy atom. The normalized spacial score (nSPS) is 15.9. The van der Waals surface area contributed by atoms with Crippen molar-refractivity contribution in [3.8, 4) is 5.75 Å². The first-order valence-electron chi connectivity index (χ1n) is 11.0. The number of carbonyl (C=O) groups excluding carboxylic acids is 2. The van der Waals surface area contributed by atoms with Crippen molar-refractivity contribution in [3.63, 3.8) is 0 Å². The van der Waals surface area contributed by atoms with Gasteiger partial charge in [0.05, 0.1) is 12.2 Å². The van der Waals surface area contributed by atoms with E-state index >= 15 is 0 Å². The van der Waals surface area contributed by atoms with Gasteiger partial charge in [-0.25, -0.2) is 9.97 Å². The number of hydrogen-bond acceptors (Lipinski definition) is 6. The number of nitrogens with one attached hydrogen (secondary N) is 1. The standard InChI is InChI=1S/C24H33N5O3/c1-16-8-6-9-17(2)23(16)32-15-22(31)29-11-7-10-19(13-29)24-26-20(12-21(25-4)27-24)14-28(5)18(3)30/h6,8-9,12,19H,7,10-11,13-15H2,1-5H3,(H,25,26,27)/t19-/m1/s1. The molecule has 0 spiro atoms. The monoisotopic (exact) mass is 439 g/mol. The summed E-state index contributed by atoms with van der Waals surface area (Å²) in [7, 11) is 3.56. The summed E-state index contributed by atoms with van der Waals surface area (Å²) in [6, 6.07) is 7.80. The number of anilines is 1. The first-order chi connectivity index (χ1) is 15.3. The van der Waals surface area contributed by atoms with Crippen molar-refractivity contribution in [2.24, 2.45) is 0 Å². The van der Waals surface area contributed by atoms with E-state index in [2.05, 4.69) is 10.3 Å². The molecule has 1 fully saturated rings. The van der Waals surface area contributed by atoms with Gasteiger partial charge in [-0.3, -0.25) is 9.59 Å². The molecule has 2 heterocycles. The summed E-state index contributed by atoms with van der Waals surface area (Å²) in [5, 5.41) is 3.08. The van der Waals surface area contributed by atoms with E-state index in [1.807, 2.05) is 50.1 Å². The Morgan fingerprint density at radius 2 is 1.97 bits per heavy atom. The summed E-state index contributed by atoms with van der Waals surface area (Å²) in [4.78, 5) is 37.3. The highest BCUT2D eigenvalue weighted by molar-refractivity contribution is 5.78. The lowest BCUT2D eigenvalue weighted by Gasteiger charge is -2.32. The number of ether oxygens (including phenoxy) is 1. The van der Waals surface area contributed by atoms with Crippen molar-refractivity contribution < 1.29 is 14.3 Å². The smallest absolute Gasteiger partial charge is 0.260 e. The number of carbonyl (C=O) groups is 2. The summed E-state index contributed by atoms with van der Waals surface area (Å²) in [6.45, 7) is 7.20. The minimum absolute atomic E-state index is 0.0183. The van der Waals surface area contributed by atoms with Crippen LogP contribution in [0.15, 0.2) is 24.3 Å². The number of rotatable bonds is 7. The second-order valence-electron chi connectivity index (χ2n) is 8.42. The zero-order chi connectivity index (χ0) is 23.3. The Kier molecular flexibility index (Phi) is 7.66. The van der Waals surface area contributed by atoms with Crippen molar-refractivity contribution in [2.45, 2.75) is 46.1 Å². The van der Waals surface area contributed by atoms with E-state index in [1.165, 1.54) is 6.92 Å². The summed E-state index contributed by atoms with van der Waals surface area (Å²) in [5.41, 5.74) is 2.82. The molecule has 1 aliphatic rings. The van der Waals surface area contributed by atoms with Crippen molar-refractivity contribution >= 4 is 17.6 Å². The molecule has 0 unspecified atom stereocenters. The number of para-hydroxylation sites is 1. The number of aromatic nitrogens is 2. The predicted octanol–water partition coefficient (Wildman–Crippen LogP) is 2.90. The molecule has 1 N–H and O–H groups in total.